The molecule has 1 atom stereocenters. The fraction of sp³-hybridized carbons (Fsp3) is 0.222. The quantitative estimate of drug-likeness (QED) is 0.885. The molecule has 0 unspecified atom stereocenters. The second-order valence-corrected chi connectivity index (χ2v) is 6.31. The number of rotatable bonds is 2. The molecule has 0 aromatic heterocycles. The number of hydrogen-bond acceptors (Lipinski definition) is 2. The number of hydrogen-bond donors (Lipinski definition) is 1. The lowest BCUT2D eigenvalue weighted by atomic mass is 10.0. The summed E-state index contributed by atoms with van der Waals surface area (Å²) in [5.74, 6) is 0. The van der Waals surface area contributed by atoms with Crippen LogP contribution in [0.2, 0.25) is 0 Å². The van der Waals surface area contributed by atoms with Gasteiger partial charge in [-0.2, -0.15) is 0 Å². The van der Waals surface area contributed by atoms with Crippen molar-refractivity contribution in [1.82, 2.24) is 5.32 Å². The maximum atomic E-state index is 5.78. The summed E-state index contributed by atoms with van der Waals surface area (Å²) in [6, 6.07) is 14.9. The SMILES string of the molecule is Brc1ccccc1C1=Cc2c(cccc2[C@H]2NCCO2)C1. The average molecular weight is 342 g/mol. The molecule has 1 aliphatic carbocycles. The molecule has 0 radical (unpaired) electrons. The van der Waals surface area contributed by atoms with Crippen molar-refractivity contribution >= 4 is 27.6 Å². The highest BCUT2D eigenvalue weighted by Gasteiger charge is 2.24. The van der Waals surface area contributed by atoms with Gasteiger partial charge in [-0.15, -0.1) is 0 Å². The topological polar surface area (TPSA) is 21.3 Å². The molecule has 2 nitrogen and oxygen atoms in total. The lowest BCUT2D eigenvalue weighted by Crippen LogP contribution is -2.15. The number of ether oxygens (including phenoxy) is 1. The van der Waals surface area contributed by atoms with Gasteiger partial charge in [-0.25, -0.2) is 0 Å². The summed E-state index contributed by atoms with van der Waals surface area (Å²) in [5, 5.41) is 3.41. The zero-order chi connectivity index (χ0) is 14.2. The van der Waals surface area contributed by atoms with Gasteiger partial charge in [-0.1, -0.05) is 58.4 Å². The summed E-state index contributed by atoms with van der Waals surface area (Å²) in [6.45, 7) is 1.71. The van der Waals surface area contributed by atoms with Crippen LogP contribution >= 0.6 is 15.9 Å². The summed E-state index contributed by atoms with van der Waals surface area (Å²) in [5.41, 5.74) is 6.60. The van der Waals surface area contributed by atoms with E-state index >= 15 is 0 Å². The van der Waals surface area contributed by atoms with Crippen LogP contribution in [0.3, 0.4) is 0 Å². The first-order valence-corrected chi connectivity index (χ1v) is 8.04. The summed E-state index contributed by atoms with van der Waals surface area (Å²) in [6.07, 6.45) is 3.34. The monoisotopic (exact) mass is 341 g/mol. The molecule has 21 heavy (non-hydrogen) atoms. The molecule has 1 saturated heterocycles. The predicted octanol–water partition coefficient (Wildman–Crippen LogP) is 4.16. The second kappa shape index (κ2) is 5.41. The summed E-state index contributed by atoms with van der Waals surface area (Å²) < 4.78 is 6.93. The molecule has 0 amide bonds. The Balaban J connectivity index is 1.76. The smallest absolute Gasteiger partial charge is 0.135 e. The first kappa shape index (κ1) is 13.3. The number of fused-ring (bicyclic) bond motifs is 1. The third-order valence-corrected chi connectivity index (χ3v) is 4.84. The fourth-order valence-corrected chi connectivity index (χ4v) is 3.68. The molecule has 4 rings (SSSR count). The summed E-state index contributed by atoms with van der Waals surface area (Å²) in [7, 11) is 0. The van der Waals surface area contributed by atoms with E-state index in [0.717, 1.165) is 24.0 Å². The maximum absolute atomic E-state index is 5.78. The molecular weight excluding hydrogens is 326 g/mol. The van der Waals surface area contributed by atoms with E-state index in [1.54, 1.807) is 0 Å². The van der Waals surface area contributed by atoms with Gasteiger partial charge in [0.05, 0.1) is 6.61 Å². The molecule has 0 saturated carbocycles. The van der Waals surface area contributed by atoms with Gasteiger partial charge in [-0.05, 0) is 34.8 Å². The van der Waals surface area contributed by atoms with Crippen LogP contribution in [0.15, 0.2) is 46.9 Å². The Hall–Kier alpha value is -1.42. The molecule has 0 spiro atoms. The molecule has 2 aromatic carbocycles. The molecular formula is C18H16BrNO. The van der Waals surface area contributed by atoms with Gasteiger partial charge in [0.2, 0.25) is 0 Å². The van der Waals surface area contributed by atoms with Gasteiger partial charge < -0.3 is 4.74 Å². The van der Waals surface area contributed by atoms with Crippen LogP contribution in [-0.4, -0.2) is 13.2 Å². The number of benzene rings is 2. The van der Waals surface area contributed by atoms with Crippen molar-refractivity contribution in [3.63, 3.8) is 0 Å². The van der Waals surface area contributed by atoms with Crippen LogP contribution in [0, 0.1) is 0 Å². The van der Waals surface area contributed by atoms with Crippen molar-refractivity contribution in [2.24, 2.45) is 0 Å². The van der Waals surface area contributed by atoms with Gasteiger partial charge in [0.1, 0.15) is 6.23 Å². The fourth-order valence-electron chi connectivity index (χ4n) is 3.14. The minimum Gasteiger partial charge on any atom is -0.358 e. The Labute approximate surface area is 133 Å². The Bertz CT molecular complexity index is 717. The van der Waals surface area contributed by atoms with Crippen molar-refractivity contribution in [1.29, 1.82) is 0 Å². The van der Waals surface area contributed by atoms with Crippen LogP contribution in [0.4, 0.5) is 0 Å². The Morgan fingerprint density at radius 2 is 2.00 bits per heavy atom. The normalized spacial score (nSPS) is 20.4. The van der Waals surface area contributed by atoms with Crippen molar-refractivity contribution in [2.45, 2.75) is 12.6 Å². The third kappa shape index (κ3) is 2.35. The van der Waals surface area contributed by atoms with Crippen molar-refractivity contribution in [3.05, 3.63) is 69.2 Å². The van der Waals surface area contributed by atoms with Gasteiger partial charge in [0, 0.05) is 16.6 Å². The van der Waals surface area contributed by atoms with E-state index < -0.39 is 0 Å². The predicted molar refractivity (Wildman–Crippen MR) is 88.9 cm³/mol. The van der Waals surface area contributed by atoms with Gasteiger partial charge in [-0.3, -0.25) is 5.32 Å². The summed E-state index contributed by atoms with van der Waals surface area (Å²) in [4.78, 5) is 0. The largest absolute Gasteiger partial charge is 0.358 e. The number of halogens is 1. The number of allylic oxidation sites excluding steroid dienone is 1. The third-order valence-electron chi connectivity index (χ3n) is 4.15. The Kier molecular flexibility index (Phi) is 3.42. The molecule has 1 heterocycles. The van der Waals surface area contributed by atoms with E-state index in [0.29, 0.717) is 0 Å². The highest BCUT2D eigenvalue weighted by Crippen LogP contribution is 2.38. The molecule has 106 valence electrons. The van der Waals surface area contributed by atoms with Crippen LogP contribution in [0.1, 0.15) is 28.5 Å². The molecule has 3 heteroatoms. The van der Waals surface area contributed by atoms with E-state index in [2.05, 4.69) is 69.8 Å². The first-order valence-electron chi connectivity index (χ1n) is 7.25. The zero-order valence-corrected chi connectivity index (χ0v) is 13.2. The standard InChI is InChI=1S/C18H16BrNO/c19-17-7-2-1-5-14(17)13-10-12-4-3-6-15(16(12)11-13)18-20-8-9-21-18/h1-7,11,18,20H,8-10H2/t18-/m0/s1. The zero-order valence-electron chi connectivity index (χ0n) is 11.6. The van der Waals surface area contributed by atoms with Crippen LogP contribution in [0.5, 0.6) is 0 Å². The molecule has 1 N–H and O–H groups in total. The van der Waals surface area contributed by atoms with Crippen LogP contribution in [-0.2, 0) is 11.2 Å². The Morgan fingerprint density at radius 3 is 2.81 bits per heavy atom. The van der Waals surface area contributed by atoms with Gasteiger partial charge in [0.25, 0.3) is 0 Å². The van der Waals surface area contributed by atoms with E-state index in [-0.39, 0.29) is 6.23 Å². The van der Waals surface area contributed by atoms with Gasteiger partial charge >= 0.3 is 0 Å². The lowest BCUT2D eigenvalue weighted by molar-refractivity contribution is 0.102. The van der Waals surface area contributed by atoms with Crippen molar-refractivity contribution in [2.75, 3.05) is 13.2 Å². The van der Waals surface area contributed by atoms with Crippen molar-refractivity contribution in [3.8, 4) is 0 Å². The highest BCUT2D eigenvalue weighted by atomic mass is 79.9. The Morgan fingerprint density at radius 1 is 1.10 bits per heavy atom. The van der Waals surface area contributed by atoms with Crippen LogP contribution in [0.25, 0.3) is 11.6 Å². The summed E-state index contributed by atoms with van der Waals surface area (Å²) >= 11 is 3.66. The van der Waals surface area contributed by atoms with Crippen LogP contribution < -0.4 is 5.32 Å². The molecule has 0 bridgehead atoms. The molecule has 2 aromatic rings. The average Bonchev–Trinajstić information content (AvgIpc) is 3.16. The van der Waals surface area contributed by atoms with Crippen molar-refractivity contribution < 1.29 is 4.74 Å². The molecule has 1 aliphatic heterocycles. The molecule has 1 fully saturated rings. The van der Waals surface area contributed by atoms with E-state index in [1.807, 2.05) is 0 Å². The van der Waals surface area contributed by atoms with E-state index in [4.69, 9.17) is 4.74 Å². The number of nitrogens with one attached hydrogen (secondary N) is 1. The van der Waals surface area contributed by atoms with E-state index in [1.165, 1.54) is 27.8 Å². The molecule has 2 aliphatic rings. The van der Waals surface area contributed by atoms with E-state index in [9.17, 15) is 0 Å². The lowest BCUT2D eigenvalue weighted by Gasteiger charge is -2.14. The minimum absolute atomic E-state index is 0.0368. The van der Waals surface area contributed by atoms with Gasteiger partial charge in [0.15, 0.2) is 0 Å². The second-order valence-electron chi connectivity index (χ2n) is 5.45. The first-order chi connectivity index (χ1) is 10.3. The minimum atomic E-state index is 0.0368. The maximum Gasteiger partial charge on any atom is 0.135 e. The highest BCUT2D eigenvalue weighted by molar-refractivity contribution is 9.10.